The van der Waals surface area contributed by atoms with Crippen LogP contribution in [0.1, 0.15) is 16.7 Å². The first-order valence-electron chi connectivity index (χ1n) is 6.16. The zero-order chi connectivity index (χ0) is 15.5. The molecule has 0 aliphatic rings. The third-order valence-electron chi connectivity index (χ3n) is 2.86. The molecule has 0 atom stereocenters. The molecule has 0 spiro atoms. The standard InChI is InChI=1S/C15H12F5N/c16-13-3-1-10(2-4-13)8-21-9-11-5-12(15(18,19)20)7-14(17)6-11/h1-7,21H,8-9H2. The predicted octanol–water partition coefficient (Wildman–Crippen LogP) is 4.27. The second-order valence-corrected chi connectivity index (χ2v) is 4.58. The maximum atomic E-state index is 13.2. The minimum atomic E-state index is -4.58. The molecule has 0 amide bonds. The first-order chi connectivity index (χ1) is 9.84. The molecule has 2 aromatic rings. The van der Waals surface area contributed by atoms with Crippen molar-refractivity contribution >= 4 is 0 Å². The van der Waals surface area contributed by atoms with E-state index in [1.165, 1.54) is 12.1 Å². The third-order valence-corrected chi connectivity index (χ3v) is 2.86. The maximum absolute atomic E-state index is 13.2. The van der Waals surface area contributed by atoms with Crippen LogP contribution in [0.25, 0.3) is 0 Å². The van der Waals surface area contributed by atoms with Gasteiger partial charge in [0.2, 0.25) is 0 Å². The van der Waals surface area contributed by atoms with Gasteiger partial charge in [-0.15, -0.1) is 0 Å². The van der Waals surface area contributed by atoms with Gasteiger partial charge in [0.1, 0.15) is 11.6 Å². The zero-order valence-corrected chi connectivity index (χ0v) is 10.8. The van der Waals surface area contributed by atoms with E-state index in [0.717, 1.165) is 17.7 Å². The Bertz CT molecular complexity index is 604. The van der Waals surface area contributed by atoms with Gasteiger partial charge in [-0.3, -0.25) is 0 Å². The molecular formula is C15H12F5N. The van der Waals surface area contributed by atoms with Crippen LogP contribution in [0, 0.1) is 11.6 Å². The van der Waals surface area contributed by atoms with Crippen molar-refractivity contribution in [1.29, 1.82) is 0 Å². The lowest BCUT2D eigenvalue weighted by molar-refractivity contribution is -0.137. The highest BCUT2D eigenvalue weighted by Crippen LogP contribution is 2.30. The molecule has 2 rings (SSSR count). The number of hydrogen-bond acceptors (Lipinski definition) is 1. The van der Waals surface area contributed by atoms with E-state index in [-0.39, 0.29) is 17.9 Å². The molecule has 0 aliphatic heterocycles. The number of nitrogens with one attached hydrogen (secondary N) is 1. The van der Waals surface area contributed by atoms with E-state index in [2.05, 4.69) is 5.32 Å². The average molecular weight is 301 g/mol. The molecule has 6 heteroatoms. The van der Waals surface area contributed by atoms with Gasteiger partial charge >= 0.3 is 6.18 Å². The molecule has 0 radical (unpaired) electrons. The minimum Gasteiger partial charge on any atom is -0.309 e. The predicted molar refractivity (Wildman–Crippen MR) is 68.3 cm³/mol. The van der Waals surface area contributed by atoms with Crippen molar-refractivity contribution in [1.82, 2.24) is 5.32 Å². The van der Waals surface area contributed by atoms with E-state index in [4.69, 9.17) is 0 Å². The molecule has 0 unspecified atom stereocenters. The topological polar surface area (TPSA) is 12.0 Å². The largest absolute Gasteiger partial charge is 0.416 e. The molecule has 0 saturated carbocycles. The highest BCUT2D eigenvalue weighted by Gasteiger charge is 2.31. The highest BCUT2D eigenvalue weighted by molar-refractivity contribution is 5.27. The van der Waals surface area contributed by atoms with Crippen LogP contribution in [0.15, 0.2) is 42.5 Å². The molecule has 1 N–H and O–H groups in total. The number of rotatable bonds is 4. The second kappa shape index (κ2) is 6.22. The Morgan fingerprint density at radius 3 is 2.00 bits per heavy atom. The summed E-state index contributed by atoms with van der Waals surface area (Å²) in [5.74, 6) is -1.29. The molecule has 0 fully saturated rings. The molecular weight excluding hydrogens is 289 g/mol. The summed E-state index contributed by atoms with van der Waals surface area (Å²) in [5.41, 5.74) is -0.0330. The van der Waals surface area contributed by atoms with Crippen molar-refractivity contribution in [3.63, 3.8) is 0 Å². The van der Waals surface area contributed by atoms with E-state index in [1.807, 2.05) is 0 Å². The van der Waals surface area contributed by atoms with Gasteiger partial charge in [0, 0.05) is 13.1 Å². The molecule has 2 aromatic carbocycles. The highest BCUT2D eigenvalue weighted by atomic mass is 19.4. The minimum absolute atomic E-state index is 0.0816. The summed E-state index contributed by atoms with van der Waals surface area (Å²) in [6.07, 6.45) is -4.58. The third kappa shape index (κ3) is 4.53. The lowest BCUT2D eigenvalue weighted by Crippen LogP contribution is -2.14. The Kier molecular flexibility index (Phi) is 4.57. The van der Waals surface area contributed by atoms with Crippen LogP contribution in [-0.4, -0.2) is 0 Å². The van der Waals surface area contributed by atoms with Crippen LogP contribution in [0.4, 0.5) is 22.0 Å². The van der Waals surface area contributed by atoms with Crippen molar-refractivity contribution in [3.05, 3.63) is 70.8 Å². The Labute approximate surface area is 118 Å². The van der Waals surface area contributed by atoms with Crippen molar-refractivity contribution in [2.45, 2.75) is 19.3 Å². The lowest BCUT2D eigenvalue weighted by atomic mass is 10.1. The summed E-state index contributed by atoms with van der Waals surface area (Å²) < 4.78 is 63.5. The maximum Gasteiger partial charge on any atom is 0.416 e. The summed E-state index contributed by atoms with van der Waals surface area (Å²) >= 11 is 0. The van der Waals surface area contributed by atoms with E-state index in [0.29, 0.717) is 12.6 Å². The van der Waals surface area contributed by atoms with Crippen LogP contribution in [0.5, 0.6) is 0 Å². The molecule has 1 nitrogen and oxygen atoms in total. The molecule has 0 aliphatic carbocycles. The summed E-state index contributed by atoms with van der Waals surface area (Å²) in [5, 5.41) is 2.89. The van der Waals surface area contributed by atoms with E-state index < -0.39 is 17.6 Å². The van der Waals surface area contributed by atoms with E-state index >= 15 is 0 Å². The van der Waals surface area contributed by atoms with Crippen molar-refractivity contribution < 1.29 is 22.0 Å². The number of hydrogen-bond donors (Lipinski definition) is 1. The monoisotopic (exact) mass is 301 g/mol. The first-order valence-corrected chi connectivity index (χ1v) is 6.16. The summed E-state index contributed by atoms with van der Waals surface area (Å²) in [6, 6.07) is 8.13. The summed E-state index contributed by atoms with van der Waals surface area (Å²) in [6.45, 7) is 0.427. The summed E-state index contributed by atoms with van der Waals surface area (Å²) in [7, 11) is 0. The fourth-order valence-electron chi connectivity index (χ4n) is 1.87. The Balaban J connectivity index is 2.00. The lowest BCUT2D eigenvalue weighted by Gasteiger charge is -2.10. The van der Waals surface area contributed by atoms with Gasteiger partial charge in [-0.1, -0.05) is 12.1 Å². The number of alkyl halides is 3. The van der Waals surface area contributed by atoms with Crippen molar-refractivity contribution in [3.8, 4) is 0 Å². The average Bonchev–Trinajstić information content (AvgIpc) is 2.39. The van der Waals surface area contributed by atoms with Crippen LogP contribution in [0.2, 0.25) is 0 Å². The van der Waals surface area contributed by atoms with Gasteiger partial charge in [0.15, 0.2) is 0 Å². The Morgan fingerprint density at radius 1 is 0.762 bits per heavy atom. The van der Waals surface area contributed by atoms with E-state index in [1.54, 1.807) is 12.1 Å². The van der Waals surface area contributed by atoms with Crippen LogP contribution in [-0.2, 0) is 19.3 Å². The van der Waals surface area contributed by atoms with Crippen molar-refractivity contribution in [2.75, 3.05) is 0 Å². The van der Waals surface area contributed by atoms with Gasteiger partial charge in [0.05, 0.1) is 5.56 Å². The van der Waals surface area contributed by atoms with Gasteiger partial charge in [-0.2, -0.15) is 13.2 Å². The Morgan fingerprint density at radius 2 is 1.38 bits per heavy atom. The van der Waals surface area contributed by atoms with Gasteiger partial charge < -0.3 is 5.32 Å². The van der Waals surface area contributed by atoms with Gasteiger partial charge in [-0.05, 0) is 41.5 Å². The zero-order valence-electron chi connectivity index (χ0n) is 10.8. The number of benzene rings is 2. The molecule has 112 valence electrons. The fraction of sp³-hybridized carbons (Fsp3) is 0.200. The van der Waals surface area contributed by atoms with Crippen molar-refractivity contribution in [2.24, 2.45) is 0 Å². The van der Waals surface area contributed by atoms with Crippen LogP contribution >= 0.6 is 0 Å². The fourth-order valence-corrected chi connectivity index (χ4v) is 1.87. The molecule has 0 aromatic heterocycles. The SMILES string of the molecule is Fc1ccc(CNCc2cc(F)cc(C(F)(F)F)c2)cc1. The molecule has 21 heavy (non-hydrogen) atoms. The molecule has 0 saturated heterocycles. The first kappa shape index (κ1) is 15.4. The quantitative estimate of drug-likeness (QED) is 0.831. The summed E-state index contributed by atoms with van der Waals surface area (Å²) in [4.78, 5) is 0. The normalized spacial score (nSPS) is 11.7. The molecule has 0 heterocycles. The second-order valence-electron chi connectivity index (χ2n) is 4.58. The molecule has 0 bridgehead atoms. The van der Waals surface area contributed by atoms with Crippen LogP contribution < -0.4 is 5.32 Å². The van der Waals surface area contributed by atoms with Gasteiger partial charge in [-0.25, -0.2) is 8.78 Å². The van der Waals surface area contributed by atoms with E-state index in [9.17, 15) is 22.0 Å². The Hall–Kier alpha value is -1.95. The number of halogens is 5. The van der Waals surface area contributed by atoms with Crippen LogP contribution in [0.3, 0.4) is 0 Å². The smallest absolute Gasteiger partial charge is 0.309 e. The van der Waals surface area contributed by atoms with Gasteiger partial charge in [0.25, 0.3) is 0 Å².